The minimum atomic E-state index is -1.58. The molecule has 7 unspecified atom stereocenters. The maximum Gasteiger partial charge on any atom is 0.305 e. The number of ether oxygens (including phenoxy) is 3. The van der Waals surface area contributed by atoms with E-state index in [1.54, 1.807) is 6.08 Å². The van der Waals surface area contributed by atoms with Gasteiger partial charge in [0.2, 0.25) is 5.91 Å². The zero-order valence-electron chi connectivity index (χ0n) is 45.2. The predicted octanol–water partition coefficient (Wildman–Crippen LogP) is 13.1. The Hall–Kier alpha value is -2.64. The van der Waals surface area contributed by atoms with Crippen LogP contribution < -0.4 is 5.32 Å². The number of amides is 1. The van der Waals surface area contributed by atoms with E-state index in [1.807, 2.05) is 19.1 Å². The Bertz CT molecular complexity index is 1360. The van der Waals surface area contributed by atoms with Gasteiger partial charge in [0.15, 0.2) is 6.29 Å². The monoisotopic (exact) mass is 1000 g/mol. The van der Waals surface area contributed by atoms with Gasteiger partial charge in [0.1, 0.15) is 24.4 Å². The number of nitrogens with one attached hydrogen (secondary N) is 1. The van der Waals surface area contributed by atoms with Crippen LogP contribution >= 0.6 is 0 Å². The standard InChI is InChI=1S/C60H107NO10/c1-3-5-7-9-11-13-14-15-16-22-25-28-32-36-40-44-48-56(65)69-49-45-41-37-33-29-26-23-20-18-17-19-21-24-27-31-35-39-43-47-55(64)61-52(53(63)46-42-38-34-30-12-10-8-6-4-2)51-70-60-59(68)58(67)57(66)54(50-62)71-60/h4,6,12,16,19,21-22,30,42,46,52-54,57-60,62-63,66-68H,3,5,7-11,13-15,17-18,20,23-29,31-41,43-45,47-51H2,1-2H3,(H,61,64)/b6-4+,21-19-,22-16-,30-12+,46-42+. The molecule has 0 aromatic heterocycles. The number of carbonyl (C=O) groups is 2. The Morgan fingerprint density at radius 2 is 0.972 bits per heavy atom. The number of carbonyl (C=O) groups excluding carboxylic acids is 2. The second-order valence-corrected chi connectivity index (χ2v) is 20.0. The first kappa shape index (κ1) is 66.4. The van der Waals surface area contributed by atoms with Gasteiger partial charge in [-0.25, -0.2) is 0 Å². The van der Waals surface area contributed by atoms with Gasteiger partial charge in [-0.1, -0.05) is 190 Å². The van der Waals surface area contributed by atoms with Crippen molar-refractivity contribution in [1.29, 1.82) is 0 Å². The summed E-state index contributed by atoms with van der Waals surface area (Å²) >= 11 is 0. The number of hydrogen-bond acceptors (Lipinski definition) is 10. The number of aliphatic hydroxyl groups excluding tert-OH is 5. The molecule has 0 bridgehead atoms. The molecule has 412 valence electrons. The smallest absolute Gasteiger partial charge is 0.305 e. The average Bonchev–Trinajstić information content (AvgIpc) is 3.37. The highest BCUT2D eigenvalue weighted by molar-refractivity contribution is 5.76. The fourth-order valence-electron chi connectivity index (χ4n) is 8.76. The van der Waals surface area contributed by atoms with Gasteiger partial charge < -0.3 is 45.1 Å². The van der Waals surface area contributed by atoms with E-state index in [4.69, 9.17) is 14.2 Å². The first-order valence-corrected chi connectivity index (χ1v) is 29.0. The van der Waals surface area contributed by atoms with Crippen molar-refractivity contribution in [2.45, 2.75) is 288 Å². The van der Waals surface area contributed by atoms with E-state index >= 15 is 0 Å². The van der Waals surface area contributed by atoms with Gasteiger partial charge in [0.25, 0.3) is 0 Å². The maximum absolute atomic E-state index is 13.0. The van der Waals surface area contributed by atoms with Crippen LogP contribution in [-0.4, -0.2) is 100 Å². The molecule has 0 aromatic rings. The van der Waals surface area contributed by atoms with Gasteiger partial charge in [0.05, 0.1) is 32.0 Å². The lowest BCUT2D eigenvalue weighted by molar-refractivity contribution is -0.302. The Morgan fingerprint density at radius 1 is 0.535 bits per heavy atom. The van der Waals surface area contributed by atoms with E-state index < -0.39 is 49.5 Å². The summed E-state index contributed by atoms with van der Waals surface area (Å²) in [4.78, 5) is 25.0. The van der Waals surface area contributed by atoms with E-state index in [0.29, 0.717) is 25.9 Å². The Labute approximate surface area is 433 Å². The van der Waals surface area contributed by atoms with E-state index in [9.17, 15) is 35.1 Å². The fraction of sp³-hybridized carbons (Fsp3) is 0.800. The molecule has 0 aliphatic carbocycles. The van der Waals surface area contributed by atoms with Crippen LogP contribution in [0.4, 0.5) is 0 Å². The second kappa shape index (κ2) is 49.6. The Morgan fingerprint density at radius 3 is 1.48 bits per heavy atom. The van der Waals surface area contributed by atoms with Crippen molar-refractivity contribution < 1.29 is 49.3 Å². The molecule has 0 aromatic carbocycles. The molecular formula is C60H107NO10. The van der Waals surface area contributed by atoms with Crippen molar-refractivity contribution in [3.63, 3.8) is 0 Å². The summed E-state index contributed by atoms with van der Waals surface area (Å²) in [6.07, 6.45) is 53.4. The van der Waals surface area contributed by atoms with Crippen molar-refractivity contribution in [1.82, 2.24) is 5.32 Å². The molecule has 0 saturated carbocycles. The number of aliphatic hydroxyl groups is 5. The van der Waals surface area contributed by atoms with Gasteiger partial charge in [-0.2, -0.15) is 0 Å². The summed E-state index contributed by atoms with van der Waals surface area (Å²) in [5, 5.41) is 54.1. The molecule has 1 amide bonds. The van der Waals surface area contributed by atoms with E-state index in [1.165, 1.54) is 122 Å². The van der Waals surface area contributed by atoms with E-state index in [2.05, 4.69) is 54.8 Å². The Balaban J connectivity index is 2.05. The van der Waals surface area contributed by atoms with Crippen LogP contribution in [-0.2, 0) is 23.8 Å². The lowest BCUT2D eigenvalue weighted by Crippen LogP contribution is -2.60. The third kappa shape index (κ3) is 39.5. The molecule has 1 heterocycles. The van der Waals surface area contributed by atoms with Gasteiger partial charge in [-0.15, -0.1) is 0 Å². The molecule has 71 heavy (non-hydrogen) atoms. The third-order valence-electron chi connectivity index (χ3n) is 13.4. The minimum Gasteiger partial charge on any atom is -0.466 e. The molecule has 6 N–H and O–H groups in total. The van der Waals surface area contributed by atoms with Crippen LogP contribution in [0.25, 0.3) is 0 Å². The quantitative estimate of drug-likeness (QED) is 0.0195. The van der Waals surface area contributed by atoms with Crippen molar-refractivity contribution >= 4 is 11.9 Å². The minimum absolute atomic E-state index is 0.0224. The topological polar surface area (TPSA) is 175 Å². The molecule has 1 aliphatic rings. The summed E-state index contributed by atoms with van der Waals surface area (Å²) in [5.74, 6) is -0.238. The van der Waals surface area contributed by atoms with Crippen molar-refractivity contribution in [3.8, 4) is 0 Å². The average molecular weight is 1000 g/mol. The lowest BCUT2D eigenvalue weighted by atomic mass is 9.99. The highest BCUT2D eigenvalue weighted by atomic mass is 16.7. The highest BCUT2D eigenvalue weighted by Crippen LogP contribution is 2.23. The summed E-state index contributed by atoms with van der Waals surface area (Å²) < 4.78 is 16.6. The van der Waals surface area contributed by atoms with Gasteiger partial charge in [0, 0.05) is 12.8 Å². The first-order valence-electron chi connectivity index (χ1n) is 29.0. The van der Waals surface area contributed by atoms with Crippen LogP contribution in [0, 0.1) is 0 Å². The zero-order chi connectivity index (χ0) is 51.7. The van der Waals surface area contributed by atoms with Crippen molar-refractivity contribution in [3.05, 3.63) is 60.8 Å². The van der Waals surface area contributed by atoms with Crippen LogP contribution in [0.2, 0.25) is 0 Å². The molecule has 7 atom stereocenters. The summed E-state index contributed by atoms with van der Waals surface area (Å²) in [6.45, 7) is 4.05. The second-order valence-electron chi connectivity index (χ2n) is 20.0. The first-order chi connectivity index (χ1) is 34.7. The lowest BCUT2D eigenvalue weighted by Gasteiger charge is -2.40. The molecule has 1 fully saturated rings. The molecule has 0 radical (unpaired) electrons. The van der Waals surface area contributed by atoms with E-state index in [0.717, 1.165) is 89.9 Å². The SMILES string of the molecule is C/C=C/CC/C=C/CC/C=C/C(O)C(COC1OC(CO)C(O)C(O)C1O)NC(=O)CCCCCCC/C=C\CCCCCCCCCCCOC(=O)CCCCCCC/C=C\CCCCCCCCC. The largest absolute Gasteiger partial charge is 0.466 e. The summed E-state index contributed by atoms with van der Waals surface area (Å²) in [7, 11) is 0. The number of allylic oxidation sites excluding steroid dienone is 9. The number of hydrogen-bond donors (Lipinski definition) is 6. The van der Waals surface area contributed by atoms with E-state index in [-0.39, 0.29) is 18.5 Å². The molecule has 1 aliphatic heterocycles. The summed E-state index contributed by atoms with van der Waals surface area (Å²) in [6, 6.07) is -0.844. The molecule has 0 spiro atoms. The van der Waals surface area contributed by atoms with Crippen molar-refractivity contribution in [2.24, 2.45) is 0 Å². The van der Waals surface area contributed by atoms with Crippen molar-refractivity contribution in [2.75, 3.05) is 19.8 Å². The maximum atomic E-state index is 13.0. The molecule has 11 nitrogen and oxygen atoms in total. The molecule has 11 heteroatoms. The summed E-state index contributed by atoms with van der Waals surface area (Å²) in [5.41, 5.74) is 0. The van der Waals surface area contributed by atoms with Crippen LogP contribution in [0.1, 0.15) is 245 Å². The fourth-order valence-corrected chi connectivity index (χ4v) is 8.76. The molecule has 1 rings (SSSR count). The molecular weight excluding hydrogens is 895 g/mol. The van der Waals surface area contributed by atoms with Gasteiger partial charge in [-0.3, -0.25) is 9.59 Å². The zero-order valence-corrected chi connectivity index (χ0v) is 45.2. The molecule has 1 saturated heterocycles. The predicted molar refractivity (Wildman–Crippen MR) is 292 cm³/mol. The third-order valence-corrected chi connectivity index (χ3v) is 13.4. The van der Waals surface area contributed by atoms with Crippen LogP contribution in [0.5, 0.6) is 0 Å². The number of esters is 1. The van der Waals surface area contributed by atoms with Gasteiger partial charge in [-0.05, 0) is 103 Å². The number of unbranched alkanes of at least 4 members (excludes halogenated alkanes) is 28. The van der Waals surface area contributed by atoms with Crippen LogP contribution in [0.15, 0.2) is 60.8 Å². The normalized spacial score (nSPS) is 19.6. The number of rotatable bonds is 49. The van der Waals surface area contributed by atoms with Gasteiger partial charge >= 0.3 is 5.97 Å². The highest BCUT2D eigenvalue weighted by Gasteiger charge is 2.44. The Kier molecular flexibility index (Phi) is 46.3. The van der Waals surface area contributed by atoms with Crippen LogP contribution in [0.3, 0.4) is 0 Å².